The Hall–Kier alpha value is -2.34. The van der Waals surface area contributed by atoms with Gasteiger partial charge in [-0.05, 0) is 36.5 Å². The molecule has 0 fully saturated rings. The molecule has 0 saturated heterocycles. The molecule has 2 N–H and O–H groups in total. The molecular formula is C24H30IN3. The highest BCUT2D eigenvalue weighted by Crippen LogP contribution is 2.26. The van der Waals surface area contributed by atoms with Crippen LogP contribution in [0.15, 0.2) is 84.1 Å². The average molecular weight is 487 g/mol. The molecule has 0 unspecified atom stereocenters. The Balaban J connectivity index is 0.00000171. The highest BCUT2D eigenvalue weighted by molar-refractivity contribution is 14.1. The zero-order chi connectivity index (χ0) is 21.4. The third-order valence-corrected chi connectivity index (χ3v) is 3.61. The summed E-state index contributed by atoms with van der Waals surface area (Å²) in [6.07, 6.45) is 8.84. The van der Waals surface area contributed by atoms with E-state index in [0.717, 1.165) is 11.1 Å². The van der Waals surface area contributed by atoms with E-state index < -0.39 is 0 Å². The second-order valence-corrected chi connectivity index (χ2v) is 5.13. The normalized spacial score (nSPS) is 11.4. The maximum atomic E-state index is 8.72. The molecule has 28 heavy (non-hydrogen) atoms. The van der Waals surface area contributed by atoms with Crippen LogP contribution in [-0.4, -0.2) is 21.8 Å². The number of benzene rings is 1. The molecule has 148 valence electrons. The number of rotatable bonds is 6. The van der Waals surface area contributed by atoms with Gasteiger partial charge in [0, 0.05) is 29.1 Å². The van der Waals surface area contributed by atoms with Crippen molar-refractivity contribution in [2.24, 2.45) is 0 Å². The summed E-state index contributed by atoms with van der Waals surface area (Å²) >= 11 is 2.15. The Morgan fingerprint density at radius 1 is 0.964 bits per heavy atom. The molecule has 2 aromatic rings. The topological polar surface area (TPSA) is 60.6 Å². The lowest BCUT2D eigenvalue weighted by molar-refractivity contribution is 1.28. The standard InChI is InChI=1S/C21H21N3.C2H6.CH3I/c1-3-10-16(4-2)20(21(23)17-11-6-5-7-12-17)18(15-22)19-13-8-9-14-24-19;2*1-2/h3-15,22-23H,1-2H3;1-2H3;1H3/b10-3-,16-4+,20-18+,22-15?,23-21?;;. The summed E-state index contributed by atoms with van der Waals surface area (Å²) in [5.74, 6) is 0. The van der Waals surface area contributed by atoms with Crippen LogP contribution in [0, 0.1) is 10.8 Å². The Kier molecular flexibility index (Phi) is 14.4. The number of hydrogen-bond donors (Lipinski definition) is 2. The van der Waals surface area contributed by atoms with E-state index in [0.29, 0.717) is 22.6 Å². The lowest BCUT2D eigenvalue weighted by Gasteiger charge is -2.15. The predicted octanol–water partition coefficient (Wildman–Crippen LogP) is 7.15. The van der Waals surface area contributed by atoms with E-state index in [-0.39, 0.29) is 0 Å². The third-order valence-electron chi connectivity index (χ3n) is 3.61. The first-order valence-electron chi connectivity index (χ1n) is 9.20. The van der Waals surface area contributed by atoms with E-state index in [9.17, 15) is 0 Å². The van der Waals surface area contributed by atoms with Gasteiger partial charge in [0.2, 0.25) is 0 Å². The van der Waals surface area contributed by atoms with Gasteiger partial charge >= 0.3 is 0 Å². The van der Waals surface area contributed by atoms with E-state index in [4.69, 9.17) is 10.8 Å². The molecule has 1 aromatic carbocycles. The highest BCUT2D eigenvalue weighted by atomic mass is 127. The number of nitrogens with one attached hydrogen (secondary N) is 2. The number of halogens is 1. The summed E-state index contributed by atoms with van der Waals surface area (Å²) in [5, 5.41) is 16.6. The van der Waals surface area contributed by atoms with Crippen molar-refractivity contribution in [1.29, 1.82) is 10.8 Å². The molecule has 0 aliphatic rings. The number of pyridine rings is 1. The van der Waals surface area contributed by atoms with Gasteiger partial charge in [-0.2, -0.15) is 0 Å². The van der Waals surface area contributed by atoms with Crippen LogP contribution in [0.3, 0.4) is 0 Å². The molecule has 0 spiro atoms. The number of nitrogens with zero attached hydrogens (tertiary/aromatic N) is 1. The van der Waals surface area contributed by atoms with Gasteiger partial charge in [0.05, 0.1) is 11.4 Å². The first-order chi connectivity index (χ1) is 13.7. The zero-order valence-corrected chi connectivity index (χ0v) is 19.5. The fourth-order valence-corrected chi connectivity index (χ4v) is 2.48. The van der Waals surface area contributed by atoms with Gasteiger partial charge in [-0.3, -0.25) is 10.4 Å². The molecule has 0 bridgehead atoms. The van der Waals surface area contributed by atoms with E-state index in [1.54, 1.807) is 6.20 Å². The Morgan fingerprint density at radius 2 is 1.57 bits per heavy atom. The Labute approximate surface area is 183 Å². The molecule has 0 atom stereocenters. The Bertz CT molecular complexity index is 804. The molecule has 0 aliphatic carbocycles. The summed E-state index contributed by atoms with van der Waals surface area (Å²) < 4.78 is 0. The molecule has 4 heteroatoms. The smallest absolute Gasteiger partial charge is 0.0724 e. The van der Waals surface area contributed by atoms with Crippen molar-refractivity contribution in [3.05, 3.63) is 95.4 Å². The number of alkyl halides is 1. The largest absolute Gasteiger partial charge is 0.308 e. The van der Waals surface area contributed by atoms with Gasteiger partial charge in [0.25, 0.3) is 0 Å². The quantitative estimate of drug-likeness (QED) is 0.193. The molecule has 1 heterocycles. The number of hydrogen-bond acceptors (Lipinski definition) is 3. The van der Waals surface area contributed by atoms with Crippen molar-refractivity contribution in [2.75, 3.05) is 4.93 Å². The lowest BCUT2D eigenvalue weighted by Crippen LogP contribution is -2.10. The summed E-state index contributed by atoms with van der Waals surface area (Å²) in [4.78, 5) is 6.34. The van der Waals surface area contributed by atoms with Crippen molar-refractivity contribution in [1.82, 2.24) is 4.98 Å². The van der Waals surface area contributed by atoms with Crippen LogP contribution in [0.4, 0.5) is 0 Å². The fraction of sp³-hybridized carbons (Fsp3) is 0.208. The van der Waals surface area contributed by atoms with E-state index in [1.165, 1.54) is 6.21 Å². The van der Waals surface area contributed by atoms with Gasteiger partial charge in [-0.25, -0.2) is 0 Å². The van der Waals surface area contributed by atoms with E-state index >= 15 is 0 Å². The minimum Gasteiger partial charge on any atom is -0.308 e. The van der Waals surface area contributed by atoms with Crippen molar-refractivity contribution >= 4 is 40.1 Å². The molecule has 1 aromatic heterocycles. The second-order valence-electron chi connectivity index (χ2n) is 5.13. The minimum absolute atomic E-state index is 0.381. The first-order valence-corrected chi connectivity index (χ1v) is 11.4. The molecule has 0 radical (unpaired) electrons. The maximum Gasteiger partial charge on any atom is 0.0724 e. The summed E-state index contributed by atoms with van der Waals surface area (Å²) in [6.45, 7) is 7.88. The lowest BCUT2D eigenvalue weighted by atomic mass is 9.89. The van der Waals surface area contributed by atoms with Crippen LogP contribution in [0.1, 0.15) is 39.0 Å². The first kappa shape index (κ1) is 25.7. The van der Waals surface area contributed by atoms with Gasteiger partial charge in [-0.1, -0.05) is 91.1 Å². The van der Waals surface area contributed by atoms with Gasteiger partial charge in [0.15, 0.2) is 0 Å². The summed E-state index contributed by atoms with van der Waals surface area (Å²) in [6, 6.07) is 15.2. The highest BCUT2D eigenvalue weighted by Gasteiger charge is 2.17. The number of allylic oxidation sites excluding steroid dienone is 6. The van der Waals surface area contributed by atoms with Gasteiger partial charge in [0.1, 0.15) is 0 Å². The van der Waals surface area contributed by atoms with Crippen molar-refractivity contribution in [3.63, 3.8) is 0 Å². The van der Waals surface area contributed by atoms with Crippen LogP contribution in [0.5, 0.6) is 0 Å². The zero-order valence-electron chi connectivity index (χ0n) is 17.3. The van der Waals surface area contributed by atoms with Crippen LogP contribution >= 0.6 is 22.6 Å². The molecule has 0 aliphatic heterocycles. The monoisotopic (exact) mass is 487 g/mol. The van der Waals surface area contributed by atoms with Crippen LogP contribution < -0.4 is 0 Å². The molecule has 2 rings (SSSR count). The van der Waals surface area contributed by atoms with Crippen molar-refractivity contribution in [2.45, 2.75) is 27.7 Å². The summed E-state index contributed by atoms with van der Waals surface area (Å²) in [5.41, 5.74) is 4.12. The predicted molar refractivity (Wildman–Crippen MR) is 133 cm³/mol. The van der Waals surface area contributed by atoms with Crippen LogP contribution in [0.25, 0.3) is 5.57 Å². The molecule has 0 amide bonds. The molecular weight excluding hydrogens is 457 g/mol. The van der Waals surface area contributed by atoms with Crippen LogP contribution in [-0.2, 0) is 0 Å². The third kappa shape index (κ3) is 7.35. The van der Waals surface area contributed by atoms with E-state index in [2.05, 4.69) is 27.6 Å². The van der Waals surface area contributed by atoms with Crippen molar-refractivity contribution < 1.29 is 0 Å². The average Bonchev–Trinajstić information content (AvgIpc) is 2.79. The SMILES string of the molecule is CC.CI.C\C=C/C(=C\C)C(/C(=N)c1ccccc1)=C(/C=N)c1ccccn1. The van der Waals surface area contributed by atoms with Crippen molar-refractivity contribution in [3.8, 4) is 0 Å². The second kappa shape index (κ2) is 15.7. The minimum atomic E-state index is 0.381. The maximum absolute atomic E-state index is 8.72. The summed E-state index contributed by atoms with van der Waals surface area (Å²) in [7, 11) is 0. The number of aromatic nitrogens is 1. The Morgan fingerprint density at radius 3 is 2.04 bits per heavy atom. The van der Waals surface area contributed by atoms with Crippen LogP contribution in [0.2, 0.25) is 0 Å². The molecule has 3 nitrogen and oxygen atoms in total. The fourth-order valence-electron chi connectivity index (χ4n) is 2.48. The van der Waals surface area contributed by atoms with Gasteiger partial charge < -0.3 is 5.41 Å². The van der Waals surface area contributed by atoms with E-state index in [1.807, 2.05) is 99.4 Å². The van der Waals surface area contributed by atoms with Gasteiger partial charge in [-0.15, -0.1) is 0 Å². The molecule has 0 saturated carbocycles.